The van der Waals surface area contributed by atoms with Crippen LogP contribution in [0.1, 0.15) is 56.8 Å². The van der Waals surface area contributed by atoms with Gasteiger partial charge in [-0.25, -0.2) is 0 Å². The maximum atomic E-state index is 12.0. The lowest BCUT2D eigenvalue weighted by Crippen LogP contribution is -2.36. The highest BCUT2D eigenvalue weighted by atomic mass is 16.2. The number of carbonyl (C=O) groups excluding carboxylic acids is 1. The van der Waals surface area contributed by atoms with Crippen LogP contribution in [0.2, 0.25) is 0 Å². The van der Waals surface area contributed by atoms with Crippen molar-refractivity contribution in [1.29, 1.82) is 0 Å². The SMILES string of the molecule is C[C@@H](NC(=O)C(C)(C)C)c1ccc2c(c1)CCC2. The second-order valence-corrected chi connectivity index (χ2v) is 6.33. The van der Waals surface area contributed by atoms with Gasteiger partial charge >= 0.3 is 0 Å². The van der Waals surface area contributed by atoms with Crippen molar-refractivity contribution in [3.8, 4) is 0 Å². The number of aryl methyl sites for hydroxylation is 2. The van der Waals surface area contributed by atoms with Gasteiger partial charge in [-0.15, -0.1) is 0 Å². The molecule has 1 amide bonds. The molecule has 0 saturated carbocycles. The Morgan fingerprint density at radius 1 is 1.22 bits per heavy atom. The lowest BCUT2D eigenvalue weighted by atomic mass is 9.94. The first-order chi connectivity index (χ1) is 8.38. The van der Waals surface area contributed by atoms with Crippen LogP contribution in [-0.4, -0.2) is 5.91 Å². The van der Waals surface area contributed by atoms with Gasteiger partial charge in [0.05, 0.1) is 6.04 Å². The summed E-state index contributed by atoms with van der Waals surface area (Å²) in [6.07, 6.45) is 3.66. The zero-order chi connectivity index (χ0) is 13.3. The lowest BCUT2D eigenvalue weighted by molar-refractivity contribution is -0.129. The van der Waals surface area contributed by atoms with Gasteiger partial charge in [-0.3, -0.25) is 4.79 Å². The molecule has 0 aliphatic heterocycles. The van der Waals surface area contributed by atoms with Crippen molar-refractivity contribution in [2.45, 2.75) is 53.0 Å². The van der Waals surface area contributed by atoms with Crippen LogP contribution in [-0.2, 0) is 17.6 Å². The molecule has 98 valence electrons. The molecule has 0 fully saturated rings. The second kappa shape index (κ2) is 4.75. The van der Waals surface area contributed by atoms with E-state index in [0.717, 1.165) is 0 Å². The van der Waals surface area contributed by atoms with Crippen LogP contribution in [0.5, 0.6) is 0 Å². The molecule has 1 N–H and O–H groups in total. The molecule has 0 heterocycles. The van der Waals surface area contributed by atoms with Crippen molar-refractivity contribution in [2.75, 3.05) is 0 Å². The maximum Gasteiger partial charge on any atom is 0.225 e. The van der Waals surface area contributed by atoms with Crippen molar-refractivity contribution in [1.82, 2.24) is 5.32 Å². The van der Waals surface area contributed by atoms with Gasteiger partial charge in [-0.1, -0.05) is 39.0 Å². The smallest absolute Gasteiger partial charge is 0.225 e. The average molecular weight is 245 g/mol. The van der Waals surface area contributed by atoms with Crippen molar-refractivity contribution in [3.05, 3.63) is 34.9 Å². The molecule has 2 heteroatoms. The number of carbonyl (C=O) groups is 1. The van der Waals surface area contributed by atoms with E-state index in [2.05, 4.69) is 30.4 Å². The fourth-order valence-corrected chi connectivity index (χ4v) is 2.36. The highest BCUT2D eigenvalue weighted by Gasteiger charge is 2.23. The standard InChI is InChI=1S/C16H23NO/c1-11(17-15(18)16(2,3)4)13-9-8-12-6-5-7-14(12)10-13/h8-11H,5-7H2,1-4H3,(H,17,18)/t11-/m1/s1. The van der Waals surface area contributed by atoms with Crippen LogP contribution in [0, 0.1) is 5.41 Å². The number of hydrogen-bond acceptors (Lipinski definition) is 1. The van der Waals surface area contributed by atoms with Gasteiger partial charge in [-0.2, -0.15) is 0 Å². The summed E-state index contributed by atoms with van der Waals surface area (Å²) >= 11 is 0. The summed E-state index contributed by atoms with van der Waals surface area (Å²) in [5.41, 5.74) is 3.83. The molecule has 1 atom stereocenters. The van der Waals surface area contributed by atoms with E-state index in [1.807, 2.05) is 20.8 Å². The molecule has 2 rings (SSSR count). The fourth-order valence-electron chi connectivity index (χ4n) is 2.36. The molecule has 0 aromatic heterocycles. The van der Waals surface area contributed by atoms with Crippen molar-refractivity contribution in [3.63, 3.8) is 0 Å². The molecular weight excluding hydrogens is 222 g/mol. The molecule has 1 aromatic rings. The van der Waals surface area contributed by atoms with E-state index in [4.69, 9.17) is 0 Å². The quantitative estimate of drug-likeness (QED) is 0.850. The molecule has 2 nitrogen and oxygen atoms in total. The third kappa shape index (κ3) is 2.74. The number of amides is 1. The molecule has 0 saturated heterocycles. The average Bonchev–Trinajstić information content (AvgIpc) is 2.74. The predicted octanol–water partition coefficient (Wildman–Crippen LogP) is 3.40. The summed E-state index contributed by atoms with van der Waals surface area (Å²) in [5.74, 6) is 0.107. The number of benzene rings is 1. The summed E-state index contributed by atoms with van der Waals surface area (Å²) in [4.78, 5) is 12.0. The van der Waals surface area contributed by atoms with Crippen molar-refractivity contribution < 1.29 is 4.79 Å². The Balaban J connectivity index is 2.10. The highest BCUT2D eigenvalue weighted by Crippen LogP contribution is 2.26. The number of fused-ring (bicyclic) bond motifs is 1. The minimum absolute atomic E-state index is 0.0858. The number of rotatable bonds is 2. The molecule has 1 aromatic carbocycles. The topological polar surface area (TPSA) is 29.1 Å². The van der Waals surface area contributed by atoms with Crippen LogP contribution < -0.4 is 5.32 Å². The zero-order valence-corrected chi connectivity index (χ0v) is 11.8. The largest absolute Gasteiger partial charge is 0.349 e. The van der Waals surface area contributed by atoms with E-state index < -0.39 is 0 Å². The third-order valence-corrected chi connectivity index (χ3v) is 3.65. The molecule has 0 spiro atoms. The van der Waals surface area contributed by atoms with Crippen LogP contribution in [0.4, 0.5) is 0 Å². The molecule has 0 bridgehead atoms. The van der Waals surface area contributed by atoms with Crippen molar-refractivity contribution in [2.24, 2.45) is 5.41 Å². The van der Waals surface area contributed by atoms with Crippen LogP contribution in [0.3, 0.4) is 0 Å². The molecular formula is C16H23NO. The van der Waals surface area contributed by atoms with Gasteiger partial charge in [0.1, 0.15) is 0 Å². The molecule has 18 heavy (non-hydrogen) atoms. The summed E-state index contributed by atoms with van der Waals surface area (Å²) < 4.78 is 0. The summed E-state index contributed by atoms with van der Waals surface area (Å²) in [6, 6.07) is 6.72. The summed E-state index contributed by atoms with van der Waals surface area (Å²) in [6.45, 7) is 7.88. The zero-order valence-electron chi connectivity index (χ0n) is 11.8. The normalized spacial score (nSPS) is 16.2. The molecule has 1 aliphatic carbocycles. The second-order valence-electron chi connectivity index (χ2n) is 6.33. The minimum atomic E-state index is -0.328. The van der Waals surface area contributed by atoms with Gasteiger partial charge < -0.3 is 5.32 Å². The maximum absolute atomic E-state index is 12.0. The van der Waals surface area contributed by atoms with Gasteiger partial charge in [-0.05, 0) is 42.9 Å². The van der Waals surface area contributed by atoms with E-state index in [-0.39, 0.29) is 17.4 Å². The van der Waals surface area contributed by atoms with Gasteiger partial charge in [0.25, 0.3) is 0 Å². The summed E-state index contributed by atoms with van der Waals surface area (Å²) in [5, 5.41) is 3.09. The monoisotopic (exact) mass is 245 g/mol. The Morgan fingerprint density at radius 2 is 1.89 bits per heavy atom. The fraction of sp³-hybridized carbons (Fsp3) is 0.562. The lowest BCUT2D eigenvalue weighted by Gasteiger charge is -2.22. The van der Waals surface area contributed by atoms with E-state index >= 15 is 0 Å². The number of nitrogens with one attached hydrogen (secondary N) is 1. The van der Waals surface area contributed by atoms with Gasteiger partial charge in [0.15, 0.2) is 0 Å². The first-order valence-electron chi connectivity index (χ1n) is 6.80. The van der Waals surface area contributed by atoms with Crippen LogP contribution in [0.15, 0.2) is 18.2 Å². The van der Waals surface area contributed by atoms with E-state index in [1.54, 1.807) is 0 Å². The minimum Gasteiger partial charge on any atom is -0.349 e. The highest BCUT2D eigenvalue weighted by molar-refractivity contribution is 5.81. The summed E-state index contributed by atoms with van der Waals surface area (Å²) in [7, 11) is 0. The van der Waals surface area contributed by atoms with Crippen LogP contribution >= 0.6 is 0 Å². The van der Waals surface area contributed by atoms with Gasteiger partial charge in [0, 0.05) is 5.41 Å². The Hall–Kier alpha value is -1.31. The third-order valence-electron chi connectivity index (χ3n) is 3.65. The Labute approximate surface area is 110 Å². The van der Waals surface area contributed by atoms with E-state index in [1.165, 1.54) is 36.0 Å². The molecule has 0 radical (unpaired) electrons. The van der Waals surface area contributed by atoms with Gasteiger partial charge in [0.2, 0.25) is 5.91 Å². The van der Waals surface area contributed by atoms with E-state index in [0.29, 0.717) is 0 Å². The molecule has 0 unspecified atom stereocenters. The van der Waals surface area contributed by atoms with Crippen molar-refractivity contribution >= 4 is 5.91 Å². The van der Waals surface area contributed by atoms with Crippen LogP contribution in [0.25, 0.3) is 0 Å². The molecule has 1 aliphatic rings. The van der Waals surface area contributed by atoms with E-state index in [9.17, 15) is 4.79 Å². The Bertz CT molecular complexity index is 457. The Kier molecular flexibility index (Phi) is 3.47. The predicted molar refractivity (Wildman–Crippen MR) is 74.5 cm³/mol. The first-order valence-corrected chi connectivity index (χ1v) is 6.80. The first kappa shape index (κ1) is 13.1. The Morgan fingerprint density at radius 3 is 2.56 bits per heavy atom. The number of hydrogen-bond donors (Lipinski definition) is 1.